The average molecular weight is 263 g/mol. The lowest BCUT2D eigenvalue weighted by atomic mass is 10.1. The van der Waals surface area contributed by atoms with E-state index in [1.165, 1.54) is 0 Å². The van der Waals surface area contributed by atoms with Crippen molar-refractivity contribution in [3.05, 3.63) is 35.5 Å². The van der Waals surface area contributed by atoms with Gasteiger partial charge in [0.05, 0.1) is 12.1 Å². The number of halogens is 1. The minimum Gasteiger partial charge on any atom is -0.419 e. The second kappa shape index (κ2) is 5.09. The van der Waals surface area contributed by atoms with Crippen molar-refractivity contribution in [2.75, 3.05) is 0 Å². The first-order valence-corrected chi connectivity index (χ1v) is 6.20. The van der Waals surface area contributed by atoms with Gasteiger partial charge in [0.2, 0.25) is 5.89 Å². The molecule has 1 N–H and O–H groups in total. The maximum atomic E-state index is 13.9. The van der Waals surface area contributed by atoms with Gasteiger partial charge in [0.15, 0.2) is 0 Å². The first-order chi connectivity index (χ1) is 8.87. The molecule has 0 bridgehead atoms. The summed E-state index contributed by atoms with van der Waals surface area (Å²) in [4.78, 5) is 0. The summed E-state index contributed by atoms with van der Waals surface area (Å²) in [7, 11) is 0. The fraction of sp³-hybridized carbons (Fsp3) is 0.429. The maximum absolute atomic E-state index is 13.9. The Bertz CT molecular complexity index is 572. The number of nitrogens with zero attached hydrogens (tertiary/aromatic N) is 2. The van der Waals surface area contributed by atoms with E-state index in [1.807, 2.05) is 20.8 Å². The van der Waals surface area contributed by atoms with Gasteiger partial charge >= 0.3 is 0 Å². The van der Waals surface area contributed by atoms with Crippen molar-refractivity contribution in [1.82, 2.24) is 15.5 Å². The van der Waals surface area contributed by atoms with Crippen molar-refractivity contribution in [3.63, 3.8) is 0 Å². The second-order valence-electron chi connectivity index (χ2n) is 5.54. The third-order valence-electron chi connectivity index (χ3n) is 2.66. The van der Waals surface area contributed by atoms with Crippen LogP contribution in [0.4, 0.5) is 4.39 Å². The Kier molecular flexibility index (Phi) is 3.66. The summed E-state index contributed by atoms with van der Waals surface area (Å²) in [6.07, 6.45) is 0. The monoisotopic (exact) mass is 263 g/mol. The Morgan fingerprint density at radius 3 is 2.68 bits per heavy atom. The third-order valence-corrected chi connectivity index (χ3v) is 2.66. The molecule has 2 rings (SSSR count). The molecule has 0 aliphatic heterocycles. The van der Waals surface area contributed by atoms with E-state index < -0.39 is 0 Å². The number of aromatic nitrogens is 2. The van der Waals surface area contributed by atoms with E-state index in [0.717, 1.165) is 0 Å². The van der Waals surface area contributed by atoms with Crippen molar-refractivity contribution in [1.29, 1.82) is 0 Å². The van der Waals surface area contributed by atoms with Crippen molar-refractivity contribution in [3.8, 4) is 11.5 Å². The summed E-state index contributed by atoms with van der Waals surface area (Å²) in [6, 6.07) is 5.11. The Balaban J connectivity index is 2.19. The first kappa shape index (κ1) is 13.7. The van der Waals surface area contributed by atoms with Gasteiger partial charge in [0.1, 0.15) is 5.82 Å². The number of hydrogen-bond donors (Lipinski definition) is 1. The normalized spacial score (nSPS) is 11.8. The number of hydrogen-bond acceptors (Lipinski definition) is 4. The van der Waals surface area contributed by atoms with Gasteiger partial charge in [0.25, 0.3) is 5.89 Å². The van der Waals surface area contributed by atoms with Crippen LogP contribution in [-0.2, 0) is 6.54 Å². The fourth-order valence-electron chi connectivity index (χ4n) is 1.59. The van der Waals surface area contributed by atoms with Crippen LogP contribution in [0.15, 0.2) is 22.6 Å². The van der Waals surface area contributed by atoms with E-state index in [2.05, 4.69) is 15.5 Å². The second-order valence-corrected chi connectivity index (χ2v) is 5.54. The predicted octanol–water partition coefficient (Wildman–Crippen LogP) is 3.07. The zero-order chi connectivity index (χ0) is 14.0. The number of rotatable bonds is 3. The van der Waals surface area contributed by atoms with Crippen LogP contribution in [0.2, 0.25) is 0 Å². The summed E-state index contributed by atoms with van der Waals surface area (Å²) < 4.78 is 19.4. The van der Waals surface area contributed by atoms with Crippen LogP contribution in [0.3, 0.4) is 0 Å². The molecule has 0 spiro atoms. The van der Waals surface area contributed by atoms with Crippen LogP contribution in [0.5, 0.6) is 0 Å². The zero-order valence-corrected chi connectivity index (χ0v) is 11.6. The molecule has 0 saturated carbocycles. The summed E-state index contributed by atoms with van der Waals surface area (Å²) in [6.45, 7) is 8.31. The highest BCUT2D eigenvalue weighted by molar-refractivity contribution is 5.54. The maximum Gasteiger partial charge on any atom is 0.250 e. The highest BCUT2D eigenvalue weighted by atomic mass is 19.1. The van der Waals surface area contributed by atoms with Gasteiger partial charge in [-0.15, -0.1) is 10.2 Å². The van der Waals surface area contributed by atoms with Crippen LogP contribution >= 0.6 is 0 Å². The molecule has 102 valence electrons. The minimum atomic E-state index is -0.318. The van der Waals surface area contributed by atoms with Crippen LogP contribution < -0.4 is 5.32 Å². The molecule has 0 atom stereocenters. The topological polar surface area (TPSA) is 51.0 Å². The number of benzene rings is 1. The standard InChI is InChI=1S/C14H18FN3O/c1-9-6-5-7-10(12(9)15)13-18-17-11(19-13)8-16-14(2,3)4/h5-7,16H,8H2,1-4H3. The molecular weight excluding hydrogens is 245 g/mol. The Hall–Kier alpha value is -1.75. The molecule has 1 heterocycles. The Morgan fingerprint density at radius 1 is 1.26 bits per heavy atom. The van der Waals surface area contributed by atoms with E-state index in [-0.39, 0.29) is 17.2 Å². The van der Waals surface area contributed by atoms with Gasteiger partial charge in [-0.1, -0.05) is 12.1 Å². The molecule has 0 fully saturated rings. The Labute approximate surface area is 112 Å². The van der Waals surface area contributed by atoms with Crippen LogP contribution in [-0.4, -0.2) is 15.7 Å². The molecule has 0 unspecified atom stereocenters. The van der Waals surface area contributed by atoms with Gasteiger partial charge in [-0.25, -0.2) is 4.39 Å². The summed E-state index contributed by atoms with van der Waals surface area (Å²) in [5, 5.41) is 11.1. The molecule has 19 heavy (non-hydrogen) atoms. The van der Waals surface area contributed by atoms with Crippen LogP contribution in [0, 0.1) is 12.7 Å². The van der Waals surface area contributed by atoms with Gasteiger partial charge in [-0.05, 0) is 39.3 Å². The molecule has 1 aromatic carbocycles. The first-order valence-electron chi connectivity index (χ1n) is 6.20. The minimum absolute atomic E-state index is 0.0385. The highest BCUT2D eigenvalue weighted by Crippen LogP contribution is 2.23. The number of nitrogens with one attached hydrogen (secondary N) is 1. The van der Waals surface area contributed by atoms with Crippen molar-refractivity contribution < 1.29 is 8.81 Å². The zero-order valence-electron chi connectivity index (χ0n) is 11.6. The van der Waals surface area contributed by atoms with Crippen molar-refractivity contribution in [2.24, 2.45) is 0 Å². The van der Waals surface area contributed by atoms with E-state index in [1.54, 1.807) is 25.1 Å². The fourth-order valence-corrected chi connectivity index (χ4v) is 1.59. The molecular formula is C14H18FN3O. The number of aryl methyl sites for hydroxylation is 1. The molecule has 0 aliphatic rings. The lowest BCUT2D eigenvalue weighted by Crippen LogP contribution is -2.35. The molecule has 1 aromatic heterocycles. The lowest BCUT2D eigenvalue weighted by Gasteiger charge is -2.18. The molecule has 2 aromatic rings. The summed E-state index contributed by atoms with van der Waals surface area (Å²) in [5.74, 6) is 0.347. The van der Waals surface area contributed by atoms with E-state index in [4.69, 9.17) is 4.42 Å². The largest absolute Gasteiger partial charge is 0.419 e. The molecule has 0 saturated heterocycles. The van der Waals surface area contributed by atoms with E-state index in [0.29, 0.717) is 23.6 Å². The van der Waals surface area contributed by atoms with E-state index >= 15 is 0 Å². The highest BCUT2D eigenvalue weighted by Gasteiger charge is 2.15. The molecule has 0 amide bonds. The summed E-state index contributed by atoms with van der Waals surface area (Å²) in [5.41, 5.74) is 0.864. The van der Waals surface area contributed by atoms with Crippen molar-refractivity contribution in [2.45, 2.75) is 39.8 Å². The van der Waals surface area contributed by atoms with E-state index in [9.17, 15) is 4.39 Å². The smallest absolute Gasteiger partial charge is 0.250 e. The lowest BCUT2D eigenvalue weighted by molar-refractivity contribution is 0.383. The van der Waals surface area contributed by atoms with Crippen molar-refractivity contribution >= 4 is 0 Å². The quantitative estimate of drug-likeness (QED) is 0.924. The van der Waals surface area contributed by atoms with Crippen LogP contribution in [0.1, 0.15) is 32.2 Å². The Morgan fingerprint density at radius 2 is 2.00 bits per heavy atom. The van der Waals surface area contributed by atoms with Gasteiger partial charge in [-0.3, -0.25) is 0 Å². The molecule has 4 nitrogen and oxygen atoms in total. The van der Waals surface area contributed by atoms with Gasteiger partial charge < -0.3 is 9.73 Å². The van der Waals surface area contributed by atoms with Crippen LogP contribution in [0.25, 0.3) is 11.5 Å². The SMILES string of the molecule is Cc1cccc(-c2nnc(CNC(C)(C)C)o2)c1F. The molecule has 0 aliphatic carbocycles. The molecule has 0 radical (unpaired) electrons. The third kappa shape index (κ3) is 3.38. The van der Waals surface area contributed by atoms with Gasteiger partial charge in [-0.2, -0.15) is 0 Å². The molecule has 5 heteroatoms. The summed E-state index contributed by atoms with van der Waals surface area (Å²) >= 11 is 0. The van der Waals surface area contributed by atoms with Gasteiger partial charge in [0, 0.05) is 5.54 Å². The average Bonchev–Trinajstić information content (AvgIpc) is 2.78. The predicted molar refractivity (Wildman–Crippen MR) is 71.0 cm³/mol.